The molecule has 1 fully saturated rings. The summed E-state index contributed by atoms with van der Waals surface area (Å²) in [5.74, 6) is -1.18. The van der Waals surface area contributed by atoms with Gasteiger partial charge in [-0.15, -0.1) is 0 Å². The number of amides is 2. The number of hydrogen-bond donors (Lipinski definition) is 2. The van der Waals surface area contributed by atoms with Gasteiger partial charge in [0.05, 0.1) is 0 Å². The van der Waals surface area contributed by atoms with Gasteiger partial charge >= 0.3 is 6.03 Å². The zero-order valence-electron chi connectivity index (χ0n) is 10.4. The smallest absolute Gasteiger partial charge is 0.312 e. The van der Waals surface area contributed by atoms with E-state index in [9.17, 15) is 13.6 Å². The molecule has 3 nitrogen and oxygen atoms in total. The molecule has 2 amide bonds. The predicted octanol–water partition coefficient (Wildman–Crippen LogP) is 2.30. The van der Waals surface area contributed by atoms with Gasteiger partial charge in [0.25, 0.3) is 0 Å². The van der Waals surface area contributed by atoms with Gasteiger partial charge in [-0.1, -0.05) is 19.9 Å². The molecule has 0 aromatic heterocycles. The Bertz CT molecular complexity index is 502. The van der Waals surface area contributed by atoms with Crippen LogP contribution in [0.4, 0.5) is 13.6 Å². The molecule has 1 aliphatic rings. The first kappa shape index (κ1) is 12.8. The van der Waals surface area contributed by atoms with Crippen LogP contribution in [0.5, 0.6) is 0 Å². The van der Waals surface area contributed by atoms with Crippen molar-refractivity contribution in [3.05, 3.63) is 35.4 Å². The third-order valence-electron chi connectivity index (χ3n) is 3.93. The lowest BCUT2D eigenvalue weighted by atomic mass is 9.87. The molecular weight excluding hydrogens is 238 g/mol. The first-order chi connectivity index (χ1) is 8.28. The summed E-state index contributed by atoms with van der Waals surface area (Å²) >= 11 is 0. The second-order valence-corrected chi connectivity index (χ2v) is 5.48. The van der Waals surface area contributed by atoms with Crippen molar-refractivity contribution in [2.24, 2.45) is 11.1 Å². The van der Waals surface area contributed by atoms with Crippen molar-refractivity contribution in [1.82, 2.24) is 5.32 Å². The number of nitrogens with two attached hydrogens (primary N) is 1. The van der Waals surface area contributed by atoms with Crippen LogP contribution in [0.2, 0.25) is 0 Å². The van der Waals surface area contributed by atoms with Crippen LogP contribution in [0.1, 0.15) is 25.8 Å². The summed E-state index contributed by atoms with van der Waals surface area (Å²) < 4.78 is 26.8. The van der Waals surface area contributed by atoms with Crippen LogP contribution in [-0.4, -0.2) is 12.6 Å². The van der Waals surface area contributed by atoms with Gasteiger partial charge in [0.1, 0.15) is 11.6 Å². The minimum Gasteiger partial charge on any atom is -0.352 e. The number of hydrogen-bond acceptors (Lipinski definition) is 1. The third-order valence-corrected chi connectivity index (χ3v) is 3.93. The van der Waals surface area contributed by atoms with Gasteiger partial charge in [-0.2, -0.15) is 0 Å². The molecule has 2 rings (SSSR count). The topological polar surface area (TPSA) is 55.1 Å². The molecule has 1 unspecified atom stereocenters. The Morgan fingerprint density at radius 1 is 1.44 bits per heavy atom. The lowest BCUT2D eigenvalue weighted by molar-refractivity contribution is 0.247. The molecule has 1 aliphatic carbocycles. The van der Waals surface area contributed by atoms with E-state index in [2.05, 4.69) is 5.32 Å². The zero-order valence-corrected chi connectivity index (χ0v) is 10.4. The third kappa shape index (κ3) is 1.94. The highest BCUT2D eigenvalue weighted by Gasteiger charge is 2.62. The van der Waals surface area contributed by atoms with Crippen LogP contribution in [-0.2, 0) is 5.41 Å². The van der Waals surface area contributed by atoms with Gasteiger partial charge in [0.15, 0.2) is 0 Å². The second-order valence-electron chi connectivity index (χ2n) is 5.48. The number of carbonyl (C=O) groups is 1. The van der Waals surface area contributed by atoms with Gasteiger partial charge in [-0.25, -0.2) is 13.6 Å². The Balaban J connectivity index is 2.34. The number of nitrogens with one attached hydrogen (secondary N) is 1. The van der Waals surface area contributed by atoms with E-state index in [1.54, 1.807) is 0 Å². The Morgan fingerprint density at radius 2 is 2.06 bits per heavy atom. The first-order valence-corrected chi connectivity index (χ1v) is 5.77. The van der Waals surface area contributed by atoms with Gasteiger partial charge in [-0.3, -0.25) is 0 Å². The van der Waals surface area contributed by atoms with Crippen molar-refractivity contribution < 1.29 is 13.6 Å². The van der Waals surface area contributed by atoms with Crippen molar-refractivity contribution in [2.75, 3.05) is 6.54 Å². The molecule has 1 atom stereocenters. The number of primary amides is 1. The molecule has 0 bridgehead atoms. The fraction of sp³-hybridized carbons (Fsp3) is 0.462. The minimum absolute atomic E-state index is 0.145. The van der Waals surface area contributed by atoms with Gasteiger partial charge in [0, 0.05) is 18.0 Å². The Morgan fingerprint density at radius 3 is 2.50 bits per heavy atom. The fourth-order valence-electron chi connectivity index (χ4n) is 2.68. The summed E-state index contributed by atoms with van der Waals surface area (Å²) in [6.45, 7) is 4.23. The number of urea groups is 1. The molecule has 5 heteroatoms. The number of rotatable bonds is 3. The quantitative estimate of drug-likeness (QED) is 0.854. The highest BCUT2D eigenvalue weighted by molar-refractivity contribution is 5.72. The Labute approximate surface area is 104 Å². The molecule has 0 radical (unpaired) electrons. The van der Waals surface area contributed by atoms with E-state index in [0.717, 1.165) is 12.5 Å². The van der Waals surface area contributed by atoms with Crippen LogP contribution in [0.15, 0.2) is 18.2 Å². The molecule has 98 valence electrons. The largest absolute Gasteiger partial charge is 0.352 e. The minimum atomic E-state index is -0.639. The highest BCUT2D eigenvalue weighted by Crippen LogP contribution is 2.64. The summed E-state index contributed by atoms with van der Waals surface area (Å²) in [6, 6.07) is 2.91. The average Bonchev–Trinajstić information content (AvgIpc) is 2.79. The van der Waals surface area contributed by atoms with E-state index in [4.69, 9.17) is 5.73 Å². The first-order valence-electron chi connectivity index (χ1n) is 5.77. The monoisotopic (exact) mass is 254 g/mol. The molecule has 18 heavy (non-hydrogen) atoms. The van der Waals surface area contributed by atoms with E-state index in [-0.39, 0.29) is 12.0 Å². The molecule has 0 heterocycles. The van der Waals surface area contributed by atoms with Crippen molar-refractivity contribution in [2.45, 2.75) is 25.7 Å². The lowest BCUT2D eigenvalue weighted by Gasteiger charge is -2.22. The standard InChI is InChI=1S/C13H16F2N2O/c1-12(2)6-13(12,7-17-11(16)18)9-4-3-8(14)5-10(9)15/h3-5H,6-7H2,1-2H3,(H3,16,17,18). The van der Waals surface area contributed by atoms with Gasteiger partial charge in [0.2, 0.25) is 0 Å². The SMILES string of the molecule is CC1(C)CC1(CNC(N)=O)c1ccc(F)cc1F. The van der Waals surface area contributed by atoms with Crippen LogP contribution in [0, 0.1) is 17.0 Å². The van der Waals surface area contributed by atoms with E-state index in [1.807, 2.05) is 13.8 Å². The highest BCUT2D eigenvalue weighted by atomic mass is 19.1. The summed E-state index contributed by atoms with van der Waals surface area (Å²) in [7, 11) is 0. The van der Waals surface area contributed by atoms with Crippen LogP contribution in [0.25, 0.3) is 0 Å². The van der Waals surface area contributed by atoms with E-state index in [1.165, 1.54) is 12.1 Å². The molecular formula is C13H16F2N2O. The number of benzene rings is 1. The van der Waals surface area contributed by atoms with Crippen molar-refractivity contribution in [3.8, 4) is 0 Å². The summed E-state index contributed by atoms with van der Waals surface area (Å²) in [5.41, 5.74) is 4.84. The lowest BCUT2D eigenvalue weighted by Crippen LogP contribution is -2.38. The predicted molar refractivity (Wildman–Crippen MR) is 64.0 cm³/mol. The number of halogens is 2. The second kappa shape index (κ2) is 3.93. The zero-order chi connectivity index (χ0) is 13.6. The summed E-state index contributed by atoms with van der Waals surface area (Å²) in [6.07, 6.45) is 0.725. The molecule has 0 saturated heterocycles. The van der Waals surface area contributed by atoms with Gasteiger partial charge in [-0.05, 0) is 23.5 Å². The van der Waals surface area contributed by atoms with Crippen LogP contribution in [0.3, 0.4) is 0 Å². The summed E-state index contributed by atoms with van der Waals surface area (Å²) in [4.78, 5) is 10.8. The van der Waals surface area contributed by atoms with Gasteiger partial charge < -0.3 is 11.1 Å². The maximum absolute atomic E-state index is 13.9. The normalized spacial score (nSPS) is 24.7. The molecule has 1 saturated carbocycles. The van der Waals surface area contributed by atoms with E-state index in [0.29, 0.717) is 5.56 Å². The van der Waals surface area contributed by atoms with Crippen molar-refractivity contribution >= 4 is 6.03 Å². The van der Waals surface area contributed by atoms with Crippen molar-refractivity contribution in [3.63, 3.8) is 0 Å². The Kier molecular flexibility index (Phi) is 2.80. The maximum Gasteiger partial charge on any atom is 0.312 e. The fourth-order valence-corrected chi connectivity index (χ4v) is 2.68. The van der Waals surface area contributed by atoms with Crippen molar-refractivity contribution in [1.29, 1.82) is 0 Å². The Hall–Kier alpha value is -1.65. The molecule has 1 aromatic rings. The molecule has 3 N–H and O–H groups in total. The molecule has 0 spiro atoms. The van der Waals surface area contributed by atoms with E-state index >= 15 is 0 Å². The van der Waals surface area contributed by atoms with Crippen LogP contribution < -0.4 is 11.1 Å². The molecule has 0 aliphatic heterocycles. The maximum atomic E-state index is 13.9. The van der Waals surface area contributed by atoms with Crippen LogP contribution >= 0.6 is 0 Å². The average molecular weight is 254 g/mol. The summed E-state index contributed by atoms with van der Waals surface area (Å²) in [5, 5.41) is 2.52. The van der Waals surface area contributed by atoms with E-state index < -0.39 is 23.1 Å². The number of carbonyl (C=O) groups excluding carboxylic acids is 1. The molecule has 1 aromatic carbocycles.